The maximum absolute atomic E-state index is 12.3. The molecular formula is C17H13NO4. The number of anilines is 1. The molecule has 3 aromatic rings. The molecule has 5 heteroatoms. The molecule has 3 rings (SSSR count). The molecule has 0 unspecified atom stereocenters. The van der Waals surface area contributed by atoms with Gasteiger partial charge in [0.1, 0.15) is 16.9 Å². The van der Waals surface area contributed by atoms with Crippen LogP contribution >= 0.6 is 0 Å². The highest BCUT2D eigenvalue weighted by molar-refractivity contribution is 6.05. The Morgan fingerprint density at radius 3 is 2.68 bits per heavy atom. The fourth-order valence-electron chi connectivity index (χ4n) is 2.16. The molecular weight excluding hydrogens is 282 g/mol. The Morgan fingerprint density at radius 1 is 1.14 bits per heavy atom. The summed E-state index contributed by atoms with van der Waals surface area (Å²) in [6, 6.07) is 13.1. The van der Waals surface area contributed by atoms with Crippen molar-refractivity contribution in [2.75, 3.05) is 5.32 Å². The number of phenols is 1. The normalized spacial score (nSPS) is 10.6. The largest absolute Gasteiger partial charge is 0.508 e. The molecule has 0 fully saturated rings. The minimum Gasteiger partial charge on any atom is -0.508 e. The van der Waals surface area contributed by atoms with Crippen molar-refractivity contribution in [3.63, 3.8) is 0 Å². The van der Waals surface area contributed by atoms with E-state index in [1.165, 1.54) is 18.2 Å². The maximum Gasteiger partial charge on any atom is 0.349 e. The Hall–Kier alpha value is -3.08. The molecule has 0 radical (unpaired) electrons. The molecule has 1 amide bonds. The number of aryl methyl sites for hydroxylation is 1. The first-order chi connectivity index (χ1) is 10.5. The lowest BCUT2D eigenvalue weighted by Gasteiger charge is -2.07. The number of para-hydroxylation sites is 1. The highest BCUT2D eigenvalue weighted by Crippen LogP contribution is 2.20. The fraction of sp³-hybridized carbons (Fsp3) is 0.0588. The van der Waals surface area contributed by atoms with Gasteiger partial charge in [0.05, 0.1) is 0 Å². The van der Waals surface area contributed by atoms with Gasteiger partial charge in [0.15, 0.2) is 0 Å². The topological polar surface area (TPSA) is 79.5 Å². The molecule has 2 aromatic carbocycles. The number of carbonyl (C=O) groups excluding carboxylic acids is 1. The van der Waals surface area contributed by atoms with Crippen molar-refractivity contribution in [1.82, 2.24) is 0 Å². The van der Waals surface area contributed by atoms with Crippen LogP contribution in [0.2, 0.25) is 0 Å². The number of aromatic hydroxyl groups is 1. The minimum atomic E-state index is -0.746. The third kappa shape index (κ3) is 2.56. The molecule has 1 aromatic heterocycles. The third-order valence-electron chi connectivity index (χ3n) is 3.36. The molecule has 0 bridgehead atoms. The number of hydrogen-bond acceptors (Lipinski definition) is 4. The number of nitrogens with one attached hydrogen (secondary N) is 1. The minimum absolute atomic E-state index is 0.00670. The van der Waals surface area contributed by atoms with E-state index in [-0.39, 0.29) is 16.9 Å². The van der Waals surface area contributed by atoms with E-state index in [1.54, 1.807) is 18.2 Å². The van der Waals surface area contributed by atoms with Gasteiger partial charge in [0, 0.05) is 17.1 Å². The highest BCUT2D eigenvalue weighted by Gasteiger charge is 2.14. The standard InChI is InChI=1S/C17H13NO4/c1-10-4-2-3-5-14(10)18-16(20)13-8-11-6-7-12(19)9-15(11)22-17(13)21/h2-9,19H,1H3,(H,18,20). The number of benzene rings is 2. The highest BCUT2D eigenvalue weighted by atomic mass is 16.4. The summed E-state index contributed by atoms with van der Waals surface area (Å²) in [6.45, 7) is 1.86. The van der Waals surface area contributed by atoms with Crippen molar-refractivity contribution in [2.45, 2.75) is 6.92 Å². The van der Waals surface area contributed by atoms with Gasteiger partial charge in [-0.1, -0.05) is 18.2 Å². The Bertz CT molecular complexity index is 927. The van der Waals surface area contributed by atoms with E-state index in [2.05, 4.69) is 5.32 Å². The molecule has 110 valence electrons. The van der Waals surface area contributed by atoms with Crippen LogP contribution in [0.3, 0.4) is 0 Å². The fourth-order valence-corrected chi connectivity index (χ4v) is 2.16. The first kappa shape index (κ1) is 13.9. The van der Waals surface area contributed by atoms with Crippen LogP contribution in [0.15, 0.2) is 57.7 Å². The van der Waals surface area contributed by atoms with Gasteiger partial charge in [-0.05, 0) is 36.8 Å². The Balaban J connectivity index is 2.01. The molecule has 0 spiro atoms. The van der Waals surface area contributed by atoms with Gasteiger partial charge >= 0.3 is 5.63 Å². The van der Waals surface area contributed by atoms with Gasteiger partial charge in [0.2, 0.25) is 0 Å². The lowest BCUT2D eigenvalue weighted by atomic mass is 10.1. The SMILES string of the molecule is Cc1ccccc1NC(=O)c1cc2ccc(O)cc2oc1=O. The summed E-state index contributed by atoms with van der Waals surface area (Å²) in [7, 11) is 0. The number of phenolic OH excluding ortho intramolecular Hbond substituents is 1. The van der Waals surface area contributed by atoms with Gasteiger partial charge in [0.25, 0.3) is 5.91 Å². The average Bonchev–Trinajstić information content (AvgIpc) is 2.48. The summed E-state index contributed by atoms with van der Waals surface area (Å²) < 4.78 is 5.09. The van der Waals surface area contributed by atoms with Crippen LogP contribution in [0.1, 0.15) is 15.9 Å². The second-order valence-corrected chi connectivity index (χ2v) is 4.94. The van der Waals surface area contributed by atoms with Gasteiger partial charge in [-0.3, -0.25) is 4.79 Å². The summed E-state index contributed by atoms with van der Waals surface area (Å²) in [5.41, 5.74) is 0.937. The Labute approximate surface area is 125 Å². The molecule has 0 saturated heterocycles. The second kappa shape index (κ2) is 5.37. The van der Waals surface area contributed by atoms with E-state index >= 15 is 0 Å². The second-order valence-electron chi connectivity index (χ2n) is 4.94. The van der Waals surface area contributed by atoms with E-state index in [1.807, 2.05) is 19.1 Å². The van der Waals surface area contributed by atoms with Crippen LogP contribution in [-0.4, -0.2) is 11.0 Å². The average molecular weight is 295 g/mol. The number of fused-ring (bicyclic) bond motifs is 1. The van der Waals surface area contributed by atoms with Crippen LogP contribution in [-0.2, 0) is 0 Å². The predicted octanol–water partition coefficient (Wildman–Crippen LogP) is 3.06. The smallest absolute Gasteiger partial charge is 0.349 e. The first-order valence-electron chi connectivity index (χ1n) is 6.68. The molecule has 0 aliphatic carbocycles. The molecule has 5 nitrogen and oxygen atoms in total. The Kier molecular flexibility index (Phi) is 3.39. The van der Waals surface area contributed by atoms with E-state index in [0.29, 0.717) is 11.1 Å². The number of hydrogen-bond donors (Lipinski definition) is 2. The number of rotatable bonds is 2. The summed E-state index contributed by atoms with van der Waals surface area (Å²) in [4.78, 5) is 24.2. The van der Waals surface area contributed by atoms with Crippen molar-refractivity contribution in [3.05, 3.63) is 70.1 Å². The van der Waals surface area contributed by atoms with E-state index in [0.717, 1.165) is 5.56 Å². The van der Waals surface area contributed by atoms with Gasteiger partial charge in [-0.25, -0.2) is 4.79 Å². The summed E-state index contributed by atoms with van der Waals surface area (Å²) in [5.74, 6) is -0.536. The van der Waals surface area contributed by atoms with Crippen molar-refractivity contribution < 1.29 is 14.3 Å². The van der Waals surface area contributed by atoms with Crippen molar-refractivity contribution in [2.24, 2.45) is 0 Å². The third-order valence-corrected chi connectivity index (χ3v) is 3.36. The van der Waals surface area contributed by atoms with E-state index in [9.17, 15) is 14.7 Å². The predicted molar refractivity (Wildman–Crippen MR) is 83.3 cm³/mol. The van der Waals surface area contributed by atoms with E-state index < -0.39 is 11.5 Å². The monoisotopic (exact) mass is 295 g/mol. The van der Waals surface area contributed by atoms with Gasteiger partial charge in [-0.15, -0.1) is 0 Å². The van der Waals surface area contributed by atoms with Crippen LogP contribution in [0.4, 0.5) is 5.69 Å². The molecule has 2 N–H and O–H groups in total. The lowest BCUT2D eigenvalue weighted by Crippen LogP contribution is -2.21. The molecule has 0 atom stereocenters. The van der Waals surface area contributed by atoms with Gasteiger partial charge in [-0.2, -0.15) is 0 Å². The molecule has 1 heterocycles. The van der Waals surface area contributed by atoms with Crippen molar-refractivity contribution in [3.8, 4) is 5.75 Å². The quantitative estimate of drug-likeness (QED) is 0.712. The summed E-state index contributed by atoms with van der Waals surface area (Å²) in [6.07, 6.45) is 0. The summed E-state index contributed by atoms with van der Waals surface area (Å²) >= 11 is 0. The maximum atomic E-state index is 12.3. The zero-order valence-corrected chi connectivity index (χ0v) is 11.8. The van der Waals surface area contributed by atoms with Crippen LogP contribution in [0.5, 0.6) is 5.75 Å². The zero-order valence-electron chi connectivity index (χ0n) is 11.8. The van der Waals surface area contributed by atoms with Crippen LogP contribution in [0.25, 0.3) is 11.0 Å². The Morgan fingerprint density at radius 2 is 1.91 bits per heavy atom. The van der Waals surface area contributed by atoms with E-state index in [4.69, 9.17) is 4.42 Å². The zero-order chi connectivity index (χ0) is 15.7. The molecule has 22 heavy (non-hydrogen) atoms. The number of carbonyl (C=O) groups is 1. The van der Waals surface area contributed by atoms with Crippen molar-refractivity contribution in [1.29, 1.82) is 0 Å². The van der Waals surface area contributed by atoms with Crippen LogP contribution in [0, 0.1) is 6.92 Å². The first-order valence-corrected chi connectivity index (χ1v) is 6.68. The van der Waals surface area contributed by atoms with Crippen LogP contribution < -0.4 is 10.9 Å². The number of amides is 1. The molecule has 0 aliphatic rings. The van der Waals surface area contributed by atoms with Gasteiger partial charge < -0.3 is 14.8 Å². The molecule has 0 saturated carbocycles. The lowest BCUT2D eigenvalue weighted by molar-refractivity contribution is 0.102. The molecule has 0 aliphatic heterocycles. The summed E-state index contributed by atoms with van der Waals surface area (Å²) in [5, 5.41) is 12.6. The van der Waals surface area contributed by atoms with Crippen molar-refractivity contribution >= 4 is 22.6 Å².